The third-order valence-corrected chi connectivity index (χ3v) is 14.1. The molecule has 3 aliphatic heterocycles. The molecule has 3 aliphatic rings. The van der Waals surface area contributed by atoms with Crippen LogP contribution in [-0.2, 0) is 8.85 Å². The molecule has 2 atom stereocenters. The van der Waals surface area contributed by atoms with Crippen LogP contribution in [0.1, 0.15) is 55.1 Å². The molecule has 152 valence electrons. The summed E-state index contributed by atoms with van der Waals surface area (Å²) in [6, 6.07) is 13.1. The highest BCUT2D eigenvalue weighted by atomic mass is 28.4. The maximum atomic E-state index is 13.3. The smallest absolute Gasteiger partial charge is 0.411 e. The fourth-order valence-corrected chi connectivity index (χ4v) is 15.7. The van der Waals surface area contributed by atoms with Gasteiger partial charge in [-0.05, 0) is 79.6 Å². The van der Waals surface area contributed by atoms with Crippen LogP contribution in [0.4, 0.5) is 4.79 Å². The van der Waals surface area contributed by atoms with Gasteiger partial charge in [0, 0.05) is 0 Å². The van der Waals surface area contributed by atoms with Crippen LogP contribution in [0, 0.1) is 0 Å². The topological polar surface area (TPSA) is 38.8 Å². The summed E-state index contributed by atoms with van der Waals surface area (Å²) >= 11 is 0. The Balaban J connectivity index is 1.69. The third kappa shape index (κ3) is 2.62. The van der Waals surface area contributed by atoms with Crippen molar-refractivity contribution in [1.29, 1.82) is 0 Å². The molecule has 6 heteroatoms. The molecule has 5 rings (SSSR count). The molecule has 0 radical (unpaired) electrons. The molecule has 2 bridgehead atoms. The van der Waals surface area contributed by atoms with Gasteiger partial charge < -0.3 is 8.85 Å². The molecule has 4 nitrogen and oxygen atoms in total. The van der Waals surface area contributed by atoms with Crippen molar-refractivity contribution in [2.75, 3.05) is 0 Å². The molecule has 0 saturated heterocycles. The summed E-state index contributed by atoms with van der Waals surface area (Å²) in [4.78, 5) is 15.2. The number of amides is 1. The molecule has 0 saturated carbocycles. The fourth-order valence-electron chi connectivity index (χ4n) is 5.47. The van der Waals surface area contributed by atoms with Crippen LogP contribution >= 0.6 is 0 Å². The van der Waals surface area contributed by atoms with E-state index in [0.29, 0.717) is 0 Å². The third-order valence-electron chi connectivity index (χ3n) is 6.37. The van der Waals surface area contributed by atoms with Crippen molar-refractivity contribution in [2.45, 2.75) is 64.6 Å². The molecule has 1 amide bonds. The van der Waals surface area contributed by atoms with Gasteiger partial charge in [0.05, 0.1) is 12.1 Å². The van der Waals surface area contributed by atoms with Gasteiger partial charge >= 0.3 is 6.09 Å². The van der Waals surface area contributed by atoms with Crippen LogP contribution < -0.4 is 10.4 Å². The Bertz CT molecular complexity index is 987. The summed E-state index contributed by atoms with van der Waals surface area (Å²) < 4.78 is 12.5. The van der Waals surface area contributed by atoms with E-state index < -0.39 is 22.2 Å². The van der Waals surface area contributed by atoms with E-state index in [4.69, 9.17) is 8.85 Å². The predicted molar refractivity (Wildman–Crippen MR) is 120 cm³/mol. The summed E-state index contributed by atoms with van der Waals surface area (Å²) in [5.41, 5.74) is 4.46. The predicted octanol–water partition coefficient (Wildman–Crippen LogP) is 4.28. The maximum absolute atomic E-state index is 13.3. The van der Waals surface area contributed by atoms with Crippen molar-refractivity contribution in [1.82, 2.24) is 4.90 Å². The zero-order chi connectivity index (χ0) is 20.9. The number of nitrogens with zero attached hydrogens (tertiary/aromatic N) is 1. The standard InChI is InChI=1S/C23H29NO3Si2/c1-23(2,3)26-22(25)24-20-14-10-8-9-11-15(14)21(24)17-13-19-18(12-16(17)20)28(4,5)27-29(19,6)7/h8-13,20-21H,1-7H3. The van der Waals surface area contributed by atoms with Crippen LogP contribution in [0.25, 0.3) is 0 Å². The number of hydrogen-bond acceptors (Lipinski definition) is 3. The average Bonchev–Trinajstić information content (AvgIpc) is 3.16. The Hall–Kier alpha value is -1.90. The molecule has 0 aromatic heterocycles. The first-order valence-electron chi connectivity index (χ1n) is 10.4. The second-order valence-electron chi connectivity index (χ2n) is 10.5. The maximum Gasteiger partial charge on any atom is 0.411 e. The Labute approximate surface area is 175 Å². The Morgan fingerprint density at radius 1 is 0.897 bits per heavy atom. The van der Waals surface area contributed by atoms with Crippen LogP contribution in [0.2, 0.25) is 26.2 Å². The second-order valence-corrected chi connectivity index (χ2v) is 18.4. The highest BCUT2D eigenvalue weighted by Crippen LogP contribution is 2.56. The lowest BCUT2D eigenvalue weighted by Gasteiger charge is -2.28. The molecule has 2 aromatic rings. The normalized spacial score (nSPS) is 24.9. The van der Waals surface area contributed by atoms with Crippen LogP contribution in [0.3, 0.4) is 0 Å². The molecular formula is C23H29NO3Si2. The second kappa shape index (κ2) is 5.62. The van der Waals surface area contributed by atoms with Crippen molar-refractivity contribution in [3.8, 4) is 0 Å². The molecule has 3 heterocycles. The van der Waals surface area contributed by atoms with Crippen molar-refractivity contribution in [2.24, 2.45) is 0 Å². The Kier molecular flexibility index (Phi) is 3.70. The lowest BCUT2D eigenvalue weighted by molar-refractivity contribution is 0.0194. The summed E-state index contributed by atoms with van der Waals surface area (Å²) in [7, 11) is -3.84. The molecule has 2 aromatic carbocycles. The van der Waals surface area contributed by atoms with Gasteiger partial charge in [0.2, 0.25) is 16.6 Å². The van der Waals surface area contributed by atoms with Gasteiger partial charge in [0.15, 0.2) is 0 Å². The zero-order valence-corrected chi connectivity index (χ0v) is 20.3. The van der Waals surface area contributed by atoms with E-state index in [-0.39, 0.29) is 18.2 Å². The first-order chi connectivity index (χ1) is 13.4. The highest BCUT2D eigenvalue weighted by molar-refractivity contribution is 7.05. The summed E-state index contributed by atoms with van der Waals surface area (Å²) in [6.07, 6.45) is -0.232. The molecule has 2 unspecified atom stereocenters. The van der Waals surface area contributed by atoms with E-state index in [1.165, 1.54) is 32.6 Å². The fraction of sp³-hybridized carbons (Fsp3) is 0.435. The zero-order valence-electron chi connectivity index (χ0n) is 18.3. The van der Waals surface area contributed by atoms with Gasteiger partial charge in [-0.3, -0.25) is 4.90 Å². The lowest BCUT2D eigenvalue weighted by atomic mass is 9.86. The monoisotopic (exact) mass is 423 g/mol. The van der Waals surface area contributed by atoms with Gasteiger partial charge in [-0.15, -0.1) is 0 Å². The Morgan fingerprint density at radius 2 is 1.34 bits per heavy atom. The minimum Gasteiger partial charge on any atom is -0.449 e. The summed E-state index contributed by atoms with van der Waals surface area (Å²) in [5, 5.41) is 2.84. The average molecular weight is 424 g/mol. The summed E-state index contributed by atoms with van der Waals surface area (Å²) in [6.45, 7) is 15.0. The van der Waals surface area contributed by atoms with E-state index in [2.05, 4.69) is 62.6 Å². The summed E-state index contributed by atoms with van der Waals surface area (Å²) in [5.74, 6) is 0. The molecular weight excluding hydrogens is 394 g/mol. The molecule has 0 aliphatic carbocycles. The number of ether oxygens (including phenoxy) is 1. The molecule has 0 spiro atoms. The quantitative estimate of drug-likeness (QED) is 0.594. The van der Waals surface area contributed by atoms with E-state index in [0.717, 1.165) is 0 Å². The van der Waals surface area contributed by atoms with Gasteiger partial charge in [0.25, 0.3) is 0 Å². The van der Waals surface area contributed by atoms with E-state index in [1.54, 1.807) is 0 Å². The molecule has 29 heavy (non-hydrogen) atoms. The molecule has 0 fully saturated rings. The number of fused-ring (bicyclic) bond motifs is 9. The first-order valence-corrected chi connectivity index (χ1v) is 16.2. The first kappa shape index (κ1) is 19.1. The minimum absolute atomic E-state index is 0.0680. The van der Waals surface area contributed by atoms with Gasteiger partial charge in [-0.1, -0.05) is 36.4 Å². The van der Waals surface area contributed by atoms with Crippen molar-refractivity contribution in [3.05, 3.63) is 58.7 Å². The highest BCUT2D eigenvalue weighted by Gasteiger charge is 2.54. The SMILES string of the molecule is CC(C)(C)OC(=O)N1C2c3ccccc3C1c1cc3c(cc12)[Si](C)(C)O[Si]3(C)C. The lowest BCUT2D eigenvalue weighted by Crippen LogP contribution is -2.44. The van der Waals surface area contributed by atoms with E-state index in [1.807, 2.05) is 25.7 Å². The van der Waals surface area contributed by atoms with Gasteiger partial charge in [-0.25, -0.2) is 4.79 Å². The number of carbonyl (C=O) groups excluding carboxylic acids is 1. The Morgan fingerprint density at radius 3 is 1.76 bits per heavy atom. The number of benzene rings is 2. The van der Waals surface area contributed by atoms with E-state index >= 15 is 0 Å². The van der Waals surface area contributed by atoms with Crippen LogP contribution in [0.15, 0.2) is 36.4 Å². The number of rotatable bonds is 0. The van der Waals surface area contributed by atoms with E-state index in [9.17, 15) is 4.79 Å². The van der Waals surface area contributed by atoms with Crippen LogP contribution in [-0.4, -0.2) is 33.2 Å². The molecule has 0 N–H and O–H groups in total. The number of carbonyl (C=O) groups is 1. The van der Waals surface area contributed by atoms with Gasteiger partial charge in [-0.2, -0.15) is 0 Å². The van der Waals surface area contributed by atoms with Crippen molar-refractivity contribution >= 4 is 33.1 Å². The van der Waals surface area contributed by atoms with Gasteiger partial charge in [0.1, 0.15) is 5.60 Å². The minimum atomic E-state index is -1.92. The number of hydrogen-bond donors (Lipinski definition) is 0. The van der Waals surface area contributed by atoms with Crippen molar-refractivity contribution in [3.63, 3.8) is 0 Å². The van der Waals surface area contributed by atoms with Crippen molar-refractivity contribution < 1.29 is 13.6 Å². The van der Waals surface area contributed by atoms with Crippen LogP contribution in [0.5, 0.6) is 0 Å². The largest absolute Gasteiger partial charge is 0.449 e.